The van der Waals surface area contributed by atoms with E-state index in [1.807, 2.05) is 0 Å². The van der Waals surface area contributed by atoms with Crippen molar-refractivity contribution in [1.82, 2.24) is 0 Å². The van der Waals surface area contributed by atoms with Crippen molar-refractivity contribution in [3.05, 3.63) is 54.1 Å². The molecule has 0 aliphatic heterocycles. The standard InChI is InChI=1S/C17H15F3N2O5S2/c18-17(19,20)27-13-5-7-14(8-6-13)29(25,26)22-12-3-1-11(2-4-12)15(23)10-28-16(24)9-21/h1-8,22H,9-10,21H2. The molecule has 0 amide bonds. The summed E-state index contributed by atoms with van der Waals surface area (Å²) in [5, 5.41) is -0.325. The van der Waals surface area contributed by atoms with Gasteiger partial charge in [0.25, 0.3) is 10.0 Å². The van der Waals surface area contributed by atoms with E-state index in [2.05, 4.69) is 9.46 Å². The Morgan fingerprint density at radius 2 is 1.62 bits per heavy atom. The van der Waals surface area contributed by atoms with Crippen LogP contribution in [-0.2, 0) is 14.8 Å². The number of Topliss-reactive ketones (excluding diaryl/α,β-unsaturated/α-hetero) is 1. The van der Waals surface area contributed by atoms with Gasteiger partial charge in [-0.15, -0.1) is 13.2 Å². The fourth-order valence-electron chi connectivity index (χ4n) is 2.05. The summed E-state index contributed by atoms with van der Waals surface area (Å²) in [6.07, 6.45) is -4.88. The van der Waals surface area contributed by atoms with E-state index in [1.54, 1.807) is 0 Å². The van der Waals surface area contributed by atoms with Crippen LogP contribution in [0, 0.1) is 0 Å². The van der Waals surface area contributed by atoms with Gasteiger partial charge >= 0.3 is 6.36 Å². The predicted molar refractivity (Wildman–Crippen MR) is 101 cm³/mol. The highest BCUT2D eigenvalue weighted by molar-refractivity contribution is 8.14. The van der Waals surface area contributed by atoms with E-state index >= 15 is 0 Å². The molecule has 2 aromatic rings. The van der Waals surface area contributed by atoms with Crippen LogP contribution in [0.5, 0.6) is 5.75 Å². The van der Waals surface area contributed by atoms with E-state index in [0.717, 1.165) is 36.0 Å². The molecule has 156 valence electrons. The fourth-order valence-corrected chi connectivity index (χ4v) is 3.68. The molecule has 0 saturated heterocycles. The van der Waals surface area contributed by atoms with Gasteiger partial charge in [0, 0.05) is 11.3 Å². The maximum absolute atomic E-state index is 12.3. The lowest BCUT2D eigenvalue weighted by atomic mass is 10.1. The van der Waals surface area contributed by atoms with Crippen molar-refractivity contribution in [1.29, 1.82) is 0 Å². The Balaban J connectivity index is 2.05. The summed E-state index contributed by atoms with van der Waals surface area (Å²) in [4.78, 5) is 22.8. The first-order valence-electron chi connectivity index (χ1n) is 7.88. The number of thioether (sulfide) groups is 1. The lowest BCUT2D eigenvalue weighted by molar-refractivity contribution is -0.274. The normalized spacial score (nSPS) is 11.7. The zero-order valence-corrected chi connectivity index (χ0v) is 16.2. The van der Waals surface area contributed by atoms with Gasteiger partial charge in [-0.1, -0.05) is 11.8 Å². The van der Waals surface area contributed by atoms with Gasteiger partial charge in [-0.2, -0.15) is 0 Å². The summed E-state index contributed by atoms with van der Waals surface area (Å²) >= 11 is 0.790. The van der Waals surface area contributed by atoms with Crippen LogP contribution in [0.2, 0.25) is 0 Å². The van der Waals surface area contributed by atoms with Gasteiger partial charge in [-0.25, -0.2) is 8.42 Å². The van der Waals surface area contributed by atoms with Crippen LogP contribution in [0.1, 0.15) is 10.4 Å². The van der Waals surface area contributed by atoms with Crippen LogP contribution in [0.4, 0.5) is 18.9 Å². The molecule has 0 unspecified atom stereocenters. The van der Waals surface area contributed by atoms with Crippen molar-refractivity contribution in [2.75, 3.05) is 17.0 Å². The molecule has 29 heavy (non-hydrogen) atoms. The third-order valence-corrected chi connectivity index (χ3v) is 5.65. The first-order valence-corrected chi connectivity index (χ1v) is 10.3. The second-order valence-corrected chi connectivity index (χ2v) is 8.21. The van der Waals surface area contributed by atoms with Crippen molar-refractivity contribution in [3.63, 3.8) is 0 Å². The number of alkyl halides is 3. The van der Waals surface area contributed by atoms with Gasteiger partial charge in [-0.05, 0) is 48.5 Å². The molecule has 2 rings (SSSR count). The van der Waals surface area contributed by atoms with Gasteiger partial charge in [-0.3, -0.25) is 14.3 Å². The minimum atomic E-state index is -4.88. The first-order chi connectivity index (χ1) is 13.5. The van der Waals surface area contributed by atoms with Crippen molar-refractivity contribution < 1.29 is 35.9 Å². The van der Waals surface area contributed by atoms with E-state index in [4.69, 9.17) is 5.73 Å². The summed E-state index contributed by atoms with van der Waals surface area (Å²) in [5.74, 6) is -0.968. The summed E-state index contributed by atoms with van der Waals surface area (Å²) in [5.41, 5.74) is 5.57. The van der Waals surface area contributed by atoms with E-state index in [9.17, 15) is 31.2 Å². The number of benzene rings is 2. The number of ether oxygens (including phenoxy) is 1. The molecule has 2 aromatic carbocycles. The molecule has 12 heteroatoms. The van der Waals surface area contributed by atoms with Gasteiger partial charge in [0.1, 0.15) is 5.75 Å². The summed E-state index contributed by atoms with van der Waals surface area (Å²) in [6.45, 7) is -0.179. The smallest absolute Gasteiger partial charge is 0.406 e. The third-order valence-electron chi connectivity index (χ3n) is 3.36. The minimum Gasteiger partial charge on any atom is -0.406 e. The molecule has 7 nitrogen and oxygen atoms in total. The Hall–Kier alpha value is -2.57. The van der Waals surface area contributed by atoms with Gasteiger partial charge < -0.3 is 10.5 Å². The van der Waals surface area contributed by atoms with Crippen molar-refractivity contribution in [3.8, 4) is 5.75 Å². The Labute approximate surface area is 168 Å². The number of hydrogen-bond acceptors (Lipinski definition) is 7. The van der Waals surface area contributed by atoms with Crippen LogP contribution in [-0.4, -0.2) is 38.0 Å². The summed E-state index contributed by atoms with van der Waals surface area (Å²) < 4.78 is 67.1. The maximum atomic E-state index is 12.3. The quantitative estimate of drug-likeness (QED) is 0.597. The van der Waals surface area contributed by atoms with Crippen molar-refractivity contribution in [2.45, 2.75) is 11.3 Å². The topological polar surface area (TPSA) is 116 Å². The number of carbonyl (C=O) groups excluding carboxylic acids is 2. The van der Waals surface area contributed by atoms with Crippen molar-refractivity contribution >= 4 is 38.4 Å². The van der Waals surface area contributed by atoms with Gasteiger partial charge in [0.05, 0.1) is 17.2 Å². The number of halogens is 3. The predicted octanol–water partition coefficient (Wildman–Crippen LogP) is 2.79. The van der Waals surface area contributed by atoms with Crippen LogP contribution in [0.3, 0.4) is 0 Å². The van der Waals surface area contributed by atoms with Crippen molar-refractivity contribution in [2.24, 2.45) is 5.73 Å². The largest absolute Gasteiger partial charge is 0.573 e. The van der Waals surface area contributed by atoms with Crippen LogP contribution >= 0.6 is 11.8 Å². The average molecular weight is 448 g/mol. The fraction of sp³-hybridized carbons (Fsp3) is 0.176. The molecule has 0 spiro atoms. The number of carbonyl (C=O) groups is 2. The summed E-state index contributed by atoms with van der Waals surface area (Å²) in [6, 6.07) is 9.15. The van der Waals surface area contributed by atoms with Gasteiger partial charge in [0.15, 0.2) is 5.78 Å². The number of nitrogens with two attached hydrogens (primary N) is 1. The minimum absolute atomic E-state index is 0.0898. The van der Waals surface area contributed by atoms with E-state index in [1.165, 1.54) is 24.3 Å². The zero-order chi connectivity index (χ0) is 21.7. The van der Waals surface area contributed by atoms with Gasteiger partial charge in [0.2, 0.25) is 5.12 Å². The molecule has 0 aliphatic rings. The molecule has 0 saturated carbocycles. The highest BCUT2D eigenvalue weighted by atomic mass is 32.2. The monoisotopic (exact) mass is 448 g/mol. The second-order valence-electron chi connectivity index (χ2n) is 5.49. The Morgan fingerprint density at radius 1 is 1.03 bits per heavy atom. The second kappa shape index (κ2) is 9.29. The zero-order valence-electron chi connectivity index (χ0n) is 14.6. The average Bonchev–Trinajstić information content (AvgIpc) is 2.65. The highest BCUT2D eigenvalue weighted by Crippen LogP contribution is 2.25. The number of rotatable bonds is 8. The Bertz CT molecular complexity index is 976. The molecule has 0 bridgehead atoms. The first kappa shape index (κ1) is 22.7. The number of hydrogen-bond donors (Lipinski definition) is 2. The Morgan fingerprint density at radius 3 is 2.14 bits per heavy atom. The molecule has 0 aromatic heterocycles. The number of anilines is 1. The van der Waals surface area contributed by atoms with Crippen LogP contribution in [0.25, 0.3) is 0 Å². The van der Waals surface area contributed by atoms with E-state index in [-0.39, 0.29) is 39.3 Å². The number of sulfonamides is 1. The SMILES string of the molecule is NCC(=O)SCC(=O)c1ccc(NS(=O)(=O)c2ccc(OC(F)(F)F)cc2)cc1. The molecule has 0 radical (unpaired) electrons. The molecular weight excluding hydrogens is 433 g/mol. The highest BCUT2D eigenvalue weighted by Gasteiger charge is 2.31. The molecule has 0 aliphatic carbocycles. The van der Waals surface area contributed by atoms with E-state index in [0.29, 0.717) is 0 Å². The maximum Gasteiger partial charge on any atom is 0.573 e. The third kappa shape index (κ3) is 7.07. The lowest BCUT2D eigenvalue weighted by Gasteiger charge is -2.11. The molecule has 3 N–H and O–H groups in total. The molecule has 0 heterocycles. The van der Waals surface area contributed by atoms with Crippen LogP contribution in [0.15, 0.2) is 53.4 Å². The Kier molecular flexibility index (Phi) is 7.27. The molecule has 0 atom stereocenters. The molecular formula is C17H15F3N2O5S2. The number of nitrogens with one attached hydrogen (secondary N) is 1. The van der Waals surface area contributed by atoms with Crippen LogP contribution < -0.4 is 15.2 Å². The summed E-state index contributed by atoms with van der Waals surface area (Å²) in [7, 11) is -4.07. The van der Waals surface area contributed by atoms with E-state index < -0.39 is 22.1 Å². The lowest BCUT2D eigenvalue weighted by Crippen LogP contribution is -2.17. The number of ketones is 1. The molecule has 0 fully saturated rings.